The molecule has 2 aromatic heterocycles. The Labute approximate surface area is 138 Å². The molecule has 1 amide bonds. The van der Waals surface area contributed by atoms with Gasteiger partial charge in [-0.05, 0) is 34.1 Å². The van der Waals surface area contributed by atoms with Gasteiger partial charge < -0.3 is 4.42 Å². The first-order valence-electron chi connectivity index (χ1n) is 5.55. The molecule has 0 radical (unpaired) electrons. The van der Waals surface area contributed by atoms with Crippen molar-refractivity contribution in [1.82, 2.24) is 10.2 Å². The van der Waals surface area contributed by atoms with Gasteiger partial charge in [0, 0.05) is 9.86 Å². The number of hydrogen-bond acceptors (Lipinski definition) is 6. The third-order valence-corrected chi connectivity index (χ3v) is 4.23. The lowest BCUT2D eigenvalue weighted by molar-refractivity contribution is 0.102. The maximum absolute atomic E-state index is 12.1. The second-order valence-corrected chi connectivity index (χ2v) is 6.55. The zero-order valence-electron chi connectivity index (χ0n) is 10.1. The molecule has 1 aromatic carbocycles. The number of amides is 1. The molecule has 21 heavy (non-hydrogen) atoms. The Kier molecular flexibility index (Phi) is 3.87. The van der Waals surface area contributed by atoms with E-state index in [4.69, 9.17) is 4.42 Å². The maximum atomic E-state index is 12.1. The number of nitrogens with zero attached hydrogens (tertiary/aromatic N) is 2. The monoisotopic (exact) mass is 429 g/mol. The highest BCUT2D eigenvalue weighted by atomic mass is 79.9. The van der Waals surface area contributed by atoms with Gasteiger partial charge in [0.1, 0.15) is 11.1 Å². The Morgan fingerprint density at radius 3 is 2.81 bits per heavy atom. The van der Waals surface area contributed by atoms with E-state index >= 15 is 0 Å². The van der Waals surface area contributed by atoms with E-state index in [0.29, 0.717) is 20.6 Å². The van der Waals surface area contributed by atoms with Crippen LogP contribution in [0, 0.1) is 0 Å². The Balaban J connectivity index is 2.08. The van der Waals surface area contributed by atoms with E-state index in [2.05, 4.69) is 47.4 Å². The van der Waals surface area contributed by atoms with Crippen LogP contribution >= 0.6 is 43.2 Å². The summed E-state index contributed by atoms with van der Waals surface area (Å²) in [4.78, 5) is 24.0. The normalized spacial score (nSPS) is 10.8. The minimum absolute atomic E-state index is 0.0947. The number of hydrogen-bond donors (Lipinski definition) is 1. The van der Waals surface area contributed by atoms with Crippen molar-refractivity contribution in [2.45, 2.75) is 0 Å². The van der Waals surface area contributed by atoms with E-state index < -0.39 is 11.5 Å². The van der Waals surface area contributed by atoms with Gasteiger partial charge in [0.2, 0.25) is 5.13 Å². The molecule has 3 aromatic rings. The van der Waals surface area contributed by atoms with Crippen LogP contribution in [0.2, 0.25) is 0 Å². The molecule has 106 valence electrons. The van der Waals surface area contributed by atoms with Gasteiger partial charge >= 0.3 is 5.63 Å². The maximum Gasteiger partial charge on any atom is 0.349 e. The fraction of sp³-hybridized carbons (Fsp3) is 0. The molecule has 0 saturated heterocycles. The quantitative estimate of drug-likeness (QED) is 0.629. The predicted molar refractivity (Wildman–Crippen MR) is 85.7 cm³/mol. The highest BCUT2D eigenvalue weighted by molar-refractivity contribution is 9.11. The van der Waals surface area contributed by atoms with Crippen molar-refractivity contribution in [2.24, 2.45) is 0 Å². The first kappa shape index (κ1) is 14.4. The molecule has 3 rings (SSSR count). The topological polar surface area (TPSA) is 85.1 Å². The zero-order valence-corrected chi connectivity index (χ0v) is 14.1. The second-order valence-electron chi connectivity index (χ2n) is 3.95. The summed E-state index contributed by atoms with van der Waals surface area (Å²) in [6, 6.07) is 4.99. The van der Waals surface area contributed by atoms with Gasteiger partial charge in [0.05, 0.1) is 4.47 Å². The molecule has 0 aliphatic carbocycles. The first-order chi connectivity index (χ1) is 10.0. The summed E-state index contributed by atoms with van der Waals surface area (Å²) in [6.45, 7) is 0. The Hall–Kier alpha value is -1.58. The van der Waals surface area contributed by atoms with E-state index in [9.17, 15) is 9.59 Å². The lowest BCUT2D eigenvalue weighted by atomic mass is 10.2. The first-order valence-corrected chi connectivity index (χ1v) is 8.01. The van der Waals surface area contributed by atoms with Gasteiger partial charge in [-0.2, -0.15) is 0 Å². The summed E-state index contributed by atoms with van der Waals surface area (Å²) in [5, 5.41) is 10.7. The largest absolute Gasteiger partial charge is 0.421 e. The predicted octanol–water partition coefficient (Wildman–Crippen LogP) is 3.42. The number of rotatable bonds is 2. The Morgan fingerprint density at radius 2 is 2.10 bits per heavy atom. The van der Waals surface area contributed by atoms with Gasteiger partial charge in [-0.1, -0.05) is 27.3 Å². The van der Waals surface area contributed by atoms with Crippen molar-refractivity contribution in [3.63, 3.8) is 0 Å². The zero-order chi connectivity index (χ0) is 15.0. The standard InChI is InChI=1S/C12H5Br2N3O3S/c13-6-1-5-2-7(10(18)16-12-17-15-4-21-12)11(19)20-9(5)8(14)3-6/h1-4H,(H,16,17,18). The number of anilines is 1. The number of carbonyl (C=O) groups is 1. The molecule has 6 nitrogen and oxygen atoms in total. The SMILES string of the molecule is O=C(Nc1nncs1)c1cc2cc(Br)cc(Br)c2oc1=O. The number of nitrogens with one attached hydrogen (secondary N) is 1. The van der Waals surface area contributed by atoms with Crippen LogP contribution < -0.4 is 10.9 Å². The van der Waals surface area contributed by atoms with Crippen LogP contribution in [0.25, 0.3) is 11.0 Å². The van der Waals surface area contributed by atoms with Crippen molar-refractivity contribution in [3.05, 3.63) is 48.6 Å². The number of halogens is 2. The fourth-order valence-electron chi connectivity index (χ4n) is 1.71. The van der Waals surface area contributed by atoms with Crippen molar-refractivity contribution in [3.8, 4) is 0 Å². The number of benzene rings is 1. The Bertz CT molecular complexity index is 893. The van der Waals surface area contributed by atoms with Gasteiger partial charge in [-0.25, -0.2) is 4.79 Å². The number of fused-ring (bicyclic) bond motifs is 1. The average Bonchev–Trinajstić information content (AvgIpc) is 2.91. The van der Waals surface area contributed by atoms with Crippen LogP contribution in [0.4, 0.5) is 5.13 Å². The van der Waals surface area contributed by atoms with E-state index in [1.807, 2.05) is 0 Å². The van der Waals surface area contributed by atoms with Gasteiger partial charge in [0.25, 0.3) is 5.91 Å². The highest BCUT2D eigenvalue weighted by Gasteiger charge is 2.16. The van der Waals surface area contributed by atoms with Gasteiger partial charge in [-0.15, -0.1) is 10.2 Å². The third-order valence-electron chi connectivity index (χ3n) is 2.58. The summed E-state index contributed by atoms with van der Waals surface area (Å²) in [7, 11) is 0. The van der Waals surface area contributed by atoms with Crippen LogP contribution in [0.5, 0.6) is 0 Å². The molecular weight excluding hydrogens is 426 g/mol. The molecule has 0 spiro atoms. The molecule has 0 unspecified atom stereocenters. The molecule has 0 bridgehead atoms. The van der Waals surface area contributed by atoms with Crippen LogP contribution in [0.3, 0.4) is 0 Å². The summed E-state index contributed by atoms with van der Waals surface area (Å²) < 4.78 is 6.62. The smallest absolute Gasteiger partial charge is 0.349 e. The molecule has 9 heteroatoms. The second kappa shape index (κ2) is 5.66. The molecule has 0 saturated carbocycles. The lowest BCUT2D eigenvalue weighted by Crippen LogP contribution is -2.20. The summed E-state index contributed by atoms with van der Waals surface area (Å²) in [5.41, 5.74) is 1.05. The van der Waals surface area contributed by atoms with E-state index in [-0.39, 0.29) is 5.56 Å². The molecule has 0 fully saturated rings. The van der Waals surface area contributed by atoms with Gasteiger partial charge in [0.15, 0.2) is 5.58 Å². The molecule has 0 aliphatic heterocycles. The molecule has 0 atom stereocenters. The van der Waals surface area contributed by atoms with Crippen molar-refractivity contribution < 1.29 is 9.21 Å². The summed E-state index contributed by atoms with van der Waals surface area (Å²) in [6.07, 6.45) is 0. The lowest BCUT2D eigenvalue weighted by Gasteiger charge is -2.04. The third kappa shape index (κ3) is 2.89. The van der Waals surface area contributed by atoms with Gasteiger partial charge in [-0.3, -0.25) is 10.1 Å². The minimum atomic E-state index is -0.715. The number of aromatic nitrogens is 2. The average molecular weight is 431 g/mol. The molecule has 0 aliphatic rings. The molecule has 2 heterocycles. The van der Waals surface area contributed by atoms with E-state index in [0.717, 1.165) is 15.8 Å². The molecular formula is C12H5Br2N3O3S. The fourth-order valence-corrected chi connectivity index (χ4v) is 3.49. The summed E-state index contributed by atoms with van der Waals surface area (Å²) in [5.74, 6) is -0.585. The van der Waals surface area contributed by atoms with Crippen LogP contribution in [-0.2, 0) is 0 Å². The van der Waals surface area contributed by atoms with E-state index in [1.54, 1.807) is 12.1 Å². The van der Waals surface area contributed by atoms with Crippen molar-refractivity contribution >= 4 is 65.2 Å². The minimum Gasteiger partial charge on any atom is -0.421 e. The van der Waals surface area contributed by atoms with Crippen LogP contribution in [0.15, 0.2) is 41.9 Å². The van der Waals surface area contributed by atoms with Crippen LogP contribution in [0.1, 0.15) is 10.4 Å². The summed E-state index contributed by atoms with van der Waals surface area (Å²) >= 11 is 7.82. The highest BCUT2D eigenvalue weighted by Crippen LogP contribution is 2.28. The van der Waals surface area contributed by atoms with Crippen molar-refractivity contribution in [2.75, 3.05) is 5.32 Å². The Morgan fingerprint density at radius 1 is 1.29 bits per heavy atom. The molecule has 1 N–H and O–H groups in total. The van der Waals surface area contributed by atoms with Crippen molar-refractivity contribution in [1.29, 1.82) is 0 Å². The number of carbonyl (C=O) groups excluding carboxylic acids is 1. The van der Waals surface area contributed by atoms with E-state index in [1.165, 1.54) is 11.6 Å². The van der Waals surface area contributed by atoms with Crippen LogP contribution in [-0.4, -0.2) is 16.1 Å².